The molecule has 132 valence electrons. The number of nitrogens with zero attached hydrogens (tertiary/aromatic N) is 1. The summed E-state index contributed by atoms with van der Waals surface area (Å²) in [6.07, 6.45) is 1.72. The van der Waals surface area contributed by atoms with Gasteiger partial charge in [-0.2, -0.15) is 0 Å². The molecule has 0 heterocycles. The minimum atomic E-state index is -3.54. The first-order valence-corrected chi connectivity index (χ1v) is 9.46. The van der Waals surface area contributed by atoms with Gasteiger partial charge in [0.25, 0.3) is 5.91 Å². The predicted molar refractivity (Wildman–Crippen MR) is 92.0 cm³/mol. The van der Waals surface area contributed by atoms with Crippen molar-refractivity contribution in [3.8, 4) is 0 Å². The second-order valence-electron chi connectivity index (χ2n) is 6.17. The summed E-state index contributed by atoms with van der Waals surface area (Å²) in [6.45, 7) is 0.134. The average molecular weight is 362 g/mol. The van der Waals surface area contributed by atoms with Crippen molar-refractivity contribution in [1.29, 1.82) is 0 Å². The Kier molecular flexibility index (Phi) is 4.87. The lowest BCUT2D eigenvalue weighted by Gasteiger charge is -2.18. The number of sulfonamides is 1. The van der Waals surface area contributed by atoms with E-state index < -0.39 is 10.0 Å². The second-order valence-corrected chi connectivity index (χ2v) is 7.89. The SMILES string of the molecule is CN(Cc1ccccc1F)C(=O)c1ccc(S(=O)(=O)NC2CC2)cc1. The number of hydrogen-bond acceptors (Lipinski definition) is 3. The molecule has 5 nitrogen and oxygen atoms in total. The van der Waals surface area contributed by atoms with Gasteiger partial charge in [0.1, 0.15) is 5.82 Å². The number of carbonyl (C=O) groups excluding carboxylic acids is 1. The smallest absolute Gasteiger partial charge is 0.253 e. The summed E-state index contributed by atoms with van der Waals surface area (Å²) in [4.78, 5) is 14.0. The van der Waals surface area contributed by atoms with Gasteiger partial charge in [-0.3, -0.25) is 4.79 Å². The van der Waals surface area contributed by atoms with Crippen molar-refractivity contribution in [2.24, 2.45) is 0 Å². The maximum Gasteiger partial charge on any atom is 0.253 e. The van der Waals surface area contributed by atoms with E-state index in [1.165, 1.54) is 35.2 Å². The summed E-state index contributed by atoms with van der Waals surface area (Å²) in [5.74, 6) is -0.669. The van der Waals surface area contributed by atoms with Crippen LogP contribution in [0.5, 0.6) is 0 Å². The van der Waals surface area contributed by atoms with Crippen LogP contribution in [0, 0.1) is 5.82 Å². The average Bonchev–Trinajstić information content (AvgIpc) is 3.39. The zero-order valence-electron chi connectivity index (χ0n) is 13.8. The molecular formula is C18H19FN2O3S. The van der Waals surface area contributed by atoms with Crippen molar-refractivity contribution in [1.82, 2.24) is 9.62 Å². The number of nitrogens with one attached hydrogen (secondary N) is 1. The molecule has 0 atom stereocenters. The Hall–Kier alpha value is -2.25. The van der Waals surface area contributed by atoms with Crippen LogP contribution < -0.4 is 4.72 Å². The molecule has 1 N–H and O–H groups in total. The molecule has 0 saturated heterocycles. The molecule has 0 unspecified atom stereocenters. The number of rotatable bonds is 6. The van der Waals surface area contributed by atoms with E-state index in [9.17, 15) is 17.6 Å². The number of amides is 1. The van der Waals surface area contributed by atoms with E-state index in [1.54, 1.807) is 25.2 Å². The fraction of sp³-hybridized carbons (Fsp3) is 0.278. The van der Waals surface area contributed by atoms with E-state index in [2.05, 4.69) is 4.72 Å². The summed E-state index contributed by atoms with van der Waals surface area (Å²) >= 11 is 0. The summed E-state index contributed by atoms with van der Waals surface area (Å²) in [5.41, 5.74) is 0.774. The zero-order chi connectivity index (χ0) is 18.0. The largest absolute Gasteiger partial charge is 0.337 e. The molecule has 25 heavy (non-hydrogen) atoms. The van der Waals surface area contributed by atoms with Crippen LogP contribution in [0.3, 0.4) is 0 Å². The second kappa shape index (κ2) is 6.93. The van der Waals surface area contributed by atoms with Crippen molar-refractivity contribution in [3.05, 3.63) is 65.5 Å². The summed E-state index contributed by atoms with van der Waals surface area (Å²) in [7, 11) is -1.96. The fourth-order valence-electron chi connectivity index (χ4n) is 2.44. The molecule has 1 saturated carbocycles. The van der Waals surface area contributed by atoms with Gasteiger partial charge in [0.05, 0.1) is 4.90 Å². The lowest BCUT2D eigenvalue weighted by atomic mass is 10.1. The highest BCUT2D eigenvalue weighted by Crippen LogP contribution is 2.22. The molecule has 7 heteroatoms. The molecular weight excluding hydrogens is 343 g/mol. The predicted octanol–water partition coefficient (Wildman–Crippen LogP) is 2.54. The van der Waals surface area contributed by atoms with Gasteiger partial charge in [0.15, 0.2) is 0 Å². The fourth-order valence-corrected chi connectivity index (χ4v) is 3.74. The third-order valence-corrected chi connectivity index (χ3v) is 5.56. The van der Waals surface area contributed by atoms with Gasteiger partial charge >= 0.3 is 0 Å². The number of hydrogen-bond donors (Lipinski definition) is 1. The van der Waals surface area contributed by atoms with E-state index in [-0.39, 0.29) is 29.2 Å². The quantitative estimate of drug-likeness (QED) is 0.859. The Bertz CT molecular complexity index is 877. The van der Waals surface area contributed by atoms with Crippen LogP contribution in [0.4, 0.5) is 4.39 Å². The number of halogens is 1. The molecule has 0 radical (unpaired) electrons. The molecule has 0 bridgehead atoms. The van der Waals surface area contributed by atoms with Gasteiger partial charge < -0.3 is 4.90 Å². The first kappa shape index (κ1) is 17.6. The monoisotopic (exact) mass is 362 g/mol. The Balaban J connectivity index is 1.70. The van der Waals surface area contributed by atoms with Gasteiger partial charge in [0, 0.05) is 30.8 Å². The van der Waals surface area contributed by atoms with Gasteiger partial charge in [0.2, 0.25) is 10.0 Å². The van der Waals surface area contributed by atoms with Crippen LogP contribution in [-0.2, 0) is 16.6 Å². The lowest BCUT2D eigenvalue weighted by Crippen LogP contribution is -2.27. The van der Waals surface area contributed by atoms with E-state index in [0.29, 0.717) is 11.1 Å². The Labute approximate surface area is 146 Å². The van der Waals surface area contributed by atoms with Crippen LogP contribution in [0.2, 0.25) is 0 Å². The third kappa shape index (κ3) is 4.24. The highest BCUT2D eigenvalue weighted by Gasteiger charge is 2.28. The first-order valence-electron chi connectivity index (χ1n) is 7.98. The van der Waals surface area contributed by atoms with Crippen molar-refractivity contribution in [3.63, 3.8) is 0 Å². The molecule has 2 aromatic rings. The molecule has 0 aromatic heterocycles. The highest BCUT2D eigenvalue weighted by molar-refractivity contribution is 7.89. The lowest BCUT2D eigenvalue weighted by molar-refractivity contribution is 0.0783. The molecule has 0 aliphatic heterocycles. The van der Waals surface area contributed by atoms with E-state index >= 15 is 0 Å². The van der Waals surface area contributed by atoms with Crippen molar-refractivity contribution < 1.29 is 17.6 Å². The summed E-state index contributed by atoms with van der Waals surface area (Å²) in [5, 5.41) is 0. The van der Waals surface area contributed by atoms with Crippen LogP contribution >= 0.6 is 0 Å². The van der Waals surface area contributed by atoms with Crippen molar-refractivity contribution in [2.45, 2.75) is 30.3 Å². The van der Waals surface area contributed by atoms with Crippen LogP contribution in [0.15, 0.2) is 53.4 Å². The van der Waals surface area contributed by atoms with Gasteiger partial charge in [-0.25, -0.2) is 17.5 Å². The van der Waals surface area contributed by atoms with Crippen molar-refractivity contribution in [2.75, 3.05) is 7.05 Å². The first-order chi connectivity index (χ1) is 11.9. The zero-order valence-corrected chi connectivity index (χ0v) is 14.6. The maximum atomic E-state index is 13.7. The van der Waals surface area contributed by atoms with Gasteiger partial charge in [-0.15, -0.1) is 0 Å². The topological polar surface area (TPSA) is 66.5 Å². The molecule has 1 fully saturated rings. The summed E-state index contributed by atoms with van der Waals surface area (Å²) < 4.78 is 40.5. The Morgan fingerprint density at radius 1 is 1.16 bits per heavy atom. The van der Waals surface area contributed by atoms with Crippen LogP contribution in [0.25, 0.3) is 0 Å². The molecule has 1 amide bonds. The third-order valence-electron chi connectivity index (χ3n) is 4.02. The number of carbonyl (C=O) groups is 1. The normalized spacial score (nSPS) is 14.3. The highest BCUT2D eigenvalue weighted by atomic mass is 32.2. The molecule has 1 aliphatic carbocycles. The van der Waals surface area contributed by atoms with Crippen LogP contribution in [0.1, 0.15) is 28.8 Å². The Morgan fingerprint density at radius 3 is 2.40 bits per heavy atom. The van der Waals surface area contributed by atoms with E-state index in [4.69, 9.17) is 0 Å². The maximum absolute atomic E-state index is 13.7. The Morgan fingerprint density at radius 2 is 1.80 bits per heavy atom. The summed E-state index contributed by atoms with van der Waals surface area (Å²) in [6, 6.07) is 12.1. The van der Waals surface area contributed by atoms with Crippen molar-refractivity contribution >= 4 is 15.9 Å². The van der Waals surface area contributed by atoms with Gasteiger partial charge in [-0.05, 0) is 43.2 Å². The standard InChI is InChI=1S/C18H19FN2O3S/c1-21(12-14-4-2-3-5-17(14)19)18(22)13-6-10-16(11-7-13)25(23,24)20-15-8-9-15/h2-7,10-11,15,20H,8-9,12H2,1H3. The minimum absolute atomic E-state index is 0.0261. The van der Waals surface area contributed by atoms with E-state index in [0.717, 1.165) is 12.8 Å². The van der Waals surface area contributed by atoms with Gasteiger partial charge in [-0.1, -0.05) is 18.2 Å². The molecule has 0 spiro atoms. The minimum Gasteiger partial charge on any atom is -0.337 e. The van der Waals surface area contributed by atoms with Crippen LogP contribution in [-0.4, -0.2) is 32.3 Å². The number of benzene rings is 2. The molecule has 2 aromatic carbocycles. The molecule has 3 rings (SSSR count). The van der Waals surface area contributed by atoms with E-state index in [1.807, 2.05) is 0 Å². The molecule has 1 aliphatic rings.